The molecule has 0 saturated heterocycles. The molecule has 0 saturated carbocycles. The minimum atomic E-state index is -2.38. The summed E-state index contributed by atoms with van der Waals surface area (Å²) in [6.45, 7) is 4.29. The molecule has 1 atom stereocenters. The van der Waals surface area contributed by atoms with Crippen LogP contribution in [0.4, 0.5) is 22.0 Å². The van der Waals surface area contributed by atoms with E-state index < -0.39 is 58.3 Å². The molecular formula is C28H19F5O8. The third-order valence-electron chi connectivity index (χ3n) is 5.59. The van der Waals surface area contributed by atoms with Crippen molar-refractivity contribution in [2.45, 2.75) is 26.9 Å². The van der Waals surface area contributed by atoms with Crippen LogP contribution in [0.1, 0.15) is 30.0 Å². The predicted molar refractivity (Wildman–Crippen MR) is 132 cm³/mol. The van der Waals surface area contributed by atoms with Crippen molar-refractivity contribution in [3.63, 3.8) is 0 Å². The van der Waals surface area contributed by atoms with Gasteiger partial charge in [0, 0.05) is 6.07 Å². The van der Waals surface area contributed by atoms with Crippen LogP contribution in [0.5, 0.6) is 23.0 Å². The van der Waals surface area contributed by atoms with Crippen molar-refractivity contribution < 1.29 is 54.9 Å². The average Bonchev–Trinajstić information content (AvgIpc) is 2.95. The summed E-state index contributed by atoms with van der Waals surface area (Å²) in [4.78, 5) is 37.3. The maximum absolute atomic E-state index is 13.9. The van der Waals surface area contributed by atoms with Crippen molar-refractivity contribution in [3.8, 4) is 23.0 Å². The highest BCUT2D eigenvalue weighted by molar-refractivity contribution is 5.89. The number of hydrogen-bond acceptors (Lipinski definition) is 8. The zero-order chi connectivity index (χ0) is 30.0. The van der Waals surface area contributed by atoms with Gasteiger partial charge in [0.2, 0.25) is 40.3 Å². The molecule has 214 valence electrons. The smallest absolute Gasteiger partial charge is 0.352 e. The van der Waals surface area contributed by atoms with Crippen molar-refractivity contribution in [2.24, 2.45) is 0 Å². The first-order chi connectivity index (χ1) is 19.4. The number of aryl methyl sites for hydroxylation is 1. The summed E-state index contributed by atoms with van der Waals surface area (Å²) < 4.78 is 93.8. The summed E-state index contributed by atoms with van der Waals surface area (Å²) in [6.07, 6.45) is -1.81. The maximum Gasteiger partial charge on any atom is 0.352 e. The second-order valence-electron chi connectivity index (χ2n) is 8.40. The summed E-state index contributed by atoms with van der Waals surface area (Å²) in [6, 6.07) is 9.49. The van der Waals surface area contributed by atoms with Crippen molar-refractivity contribution in [1.29, 1.82) is 0 Å². The van der Waals surface area contributed by atoms with Gasteiger partial charge in [-0.1, -0.05) is 0 Å². The molecule has 0 radical (unpaired) electrons. The molecule has 0 aliphatic carbocycles. The molecule has 0 aliphatic rings. The number of fused-ring (bicyclic) bond motifs is 1. The maximum atomic E-state index is 13.9. The van der Waals surface area contributed by atoms with Crippen LogP contribution in [0.15, 0.2) is 51.7 Å². The highest BCUT2D eigenvalue weighted by Gasteiger charge is 2.30. The van der Waals surface area contributed by atoms with Crippen molar-refractivity contribution in [3.05, 3.63) is 93.1 Å². The van der Waals surface area contributed by atoms with Crippen LogP contribution in [0, 0.1) is 36.0 Å². The Morgan fingerprint density at radius 2 is 1.44 bits per heavy atom. The Morgan fingerprint density at radius 3 is 2.05 bits per heavy atom. The molecule has 0 amide bonds. The lowest BCUT2D eigenvalue weighted by Crippen LogP contribution is -2.29. The summed E-state index contributed by atoms with van der Waals surface area (Å²) in [5.74, 6) is -14.8. The zero-order valence-electron chi connectivity index (χ0n) is 21.5. The third-order valence-corrected chi connectivity index (χ3v) is 5.59. The van der Waals surface area contributed by atoms with E-state index in [1.54, 1.807) is 6.92 Å². The summed E-state index contributed by atoms with van der Waals surface area (Å²) in [5, 5.41) is 0.0410. The van der Waals surface area contributed by atoms with Gasteiger partial charge in [-0.3, -0.25) is 4.79 Å². The highest BCUT2D eigenvalue weighted by Crippen LogP contribution is 2.31. The largest absolute Gasteiger partial charge is 0.473 e. The van der Waals surface area contributed by atoms with Gasteiger partial charge in [-0.25, -0.2) is 22.8 Å². The van der Waals surface area contributed by atoms with E-state index in [2.05, 4.69) is 4.74 Å². The van der Waals surface area contributed by atoms with Gasteiger partial charge in [0.1, 0.15) is 22.8 Å². The van der Waals surface area contributed by atoms with Crippen LogP contribution in [-0.2, 0) is 9.53 Å². The van der Waals surface area contributed by atoms with Gasteiger partial charge in [0.05, 0.1) is 17.6 Å². The Morgan fingerprint density at radius 1 is 0.854 bits per heavy atom. The molecular weight excluding hydrogens is 559 g/mol. The lowest BCUT2D eigenvalue weighted by Gasteiger charge is -2.16. The molecule has 1 heterocycles. The van der Waals surface area contributed by atoms with Crippen molar-refractivity contribution in [2.75, 3.05) is 6.61 Å². The third kappa shape index (κ3) is 5.83. The predicted octanol–water partition coefficient (Wildman–Crippen LogP) is 6.14. The fraction of sp³-hybridized carbons (Fsp3) is 0.179. The lowest BCUT2D eigenvalue weighted by atomic mass is 10.2. The van der Waals surface area contributed by atoms with E-state index in [1.807, 2.05) is 0 Å². The summed E-state index contributed by atoms with van der Waals surface area (Å²) in [7, 11) is 0. The Labute approximate surface area is 227 Å². The molecule has 3 aromatic carbocycles. The molecule has 13 heteroatoms. The van der Waals surface area contributed by atoms with Crippen LogP contribution in [0.2, 0.25) is 0 Å². The minimum Gasteiger partial charge on any atom is -0.473 e. The number of esters is 2. The van der Waals surface area contributed by atoms with E-state index in [-0.39, 0.29) is 46.1 Å². The molecule has 0 bridgehead atoms. The van der Waals surface area contributed by atoms with E-state index in [9.17, 15) is 36.3 Å². The summed E-state index contributed by atoms with van der Waals surface area (Å²) in [5.41, 5.74) is -0.300. The lowest BCUT2D eigenvalue weighted by molar-refractivity contribution is -0.141. The summed E-state index contributed by atoms with van der Waals surface area (Å²) >= 11 is 0. The second-order valence-corrected chi connectivity index (χ2v) is 8.40. The van der Waals surface area contributed by atoms with Crippen LogP contribution in [0.25, 0.3) is 11.0 Å². The first kappa shape index (κ1) is 29.1. The Kier molecular flexibility index (Phi) is 8.26. The zero-order valence-corrected chi connectivity index (χ0v) is 21.5. The first-order valence-corrected chi connectivity index (χ1v) is 11.8. The van der Waals surface area contributed by atoms with Gasteiger partial charge >= 0.3 is 11.9 Å². The molecule has 0 spiro atoms. The molecule has 4 rings (SSSR count). The molecule has 0 fully saturated rings. The Balaban J connectivity index is 1.52. The van der Waals surface area contributed by atoms with Gasteiger partial charge in [-0.05, 0) is 57.2 Å². The molecule has 8 nitrogen and oxygen atoms in total. The van der Waals surface area contributed by atoms with E-state index in [4.69, 9.17) is 18.6 Å². The number of carbonyl (C=O) groups excluding carboxylic acids is 2. The van der Waals surface area contributed by atoms with Gasteiger partial charge in [-0.2, -0.15) is 8.78 Å². The normalized spacial score (nSPS) is 11.7. The first-order valence-electron chi connectivity index (χ1n) is 11.8. The number of hydrogen-bond donors (Lipinski definition) is 0. The molecule has 1 unspecified atom stereocenters. The van der Waals surface area contributed by atoms with Gasteiger partial charge in [-0.15, -0.1) is 0 Å². The number of rotatable bonds is 8. The van der Waals surface area contributed by atoms with Crippen LogP contribution in [0.3, 0.4) is 0 Å². The van der Waals surface area contributed by atoms with Crippen molar-refractivity contribution >= 4 is 22.9 Å². The van der Waals surface area contributed by atoms with Gasteiger partial charge in [0.15, 0.2) is 11.9 Å². The average molecular weight is 578 g/mol. The number of carbonyl (C=O) groups is 2. The van der Waals surface area contributed by atoms with E-state index in [0.717, 1.165) is 6.92 Å². The van der Waals surface area contributed by atoms with Crippen LogP contribution >= 0.6 is 0 Å². The monoisotopic (exact) mass is 578 g/mol. The fourth-order valence-electron chi connectivity index (χ4n) is 3.55. The molecule has 4 aromatic rings. The molecule has 0 aliphatic heterocycles. The highest BCUT2D eigenvalue weighted by atomic mass is 19.2. The minimum absolute atomic E-state index is 0.0175. The van der Waals surface area contributed by atoms with E-state index in [1.165, 1.54) is 49.4 Å². The molecule has 41 heavy (non-hydrogen) atoms. The van der Waals surface area contributed by atoms with Gasteiger partial charge < -0.3 is 23.4 Å². The fourth-order valence-corrected chi connectivity index (χ4v) is 3.55. The topological polar surface area (TPSA) is 101 Å². The van der Waals surface area contributed by atoms with E-state index in [0.29, 0.717) is 0 Å². The van der Waals surface area contributed by atoms with Crippen molar-refractivity contribution in [1.82, 2.24) is 0 Å². The number of benzene rings is 3. The Hall–Kier alpha value is -4.94. The molecule has 1 aromatic heterocycles. The number of ether oxygens (including phenoxy) is 4. The second kappa shape index (κ2) is 11.7. The van der Waals surface area contributed by atoms with Crippen LogP contribution in [-0.4, -0.2) is 24.6 Å². The Bertz CT molecular complexity index is 1690. The quantitative estimate of drug-likeness (QED) is 0.0809. The number of halogens is 5. The SMILES string of the molecule is CCOC(=O)c1ccc(Oc2c(C)oc3cc(OC(=O)C(C)Oc4c(F)c(F)c(F)c(F)c4F)ccc3c2=O)cc1. The van der Waals surface area contributed by atoms with Gasteiger partial charge in [0.25, 0.3) is 0 Å². The van der Waals surface area contributed by atoms with Crippen LogP contribution < -0.4 is 19.6 Å². The van der Waals surface area contributed by atoms with E-state index >= 15 is 0 Å². The molecule has 0 N–H and O–H groups in total. The standard InChI is InChI=1S/C28H19F5O8/c1-4-37-28(36)14-5-7-15(8-6-14)40-25-12(2)38-18-11-16(9-10-17(18)24(25)34)41-27(35)13(3)39-26-22(32)20(30)19(29)21(31)23(26)33/h5-11,13H,4H2,1-3H3.